The van der Waals surface area contributed by atoms with Crippen LogP contribution in [-0.2, 0) is 12.8 Å². The van der Waals surface area contributed by atoms with Gasteiger partial charge in [0.05, 0.1) is 5.39 Å². The first-order chi connectivity index (χ1) is 16.1. The van der Waals surface area contributed by atoms with Gasteiger partial charge in [-0.15, -0.1) is 0 Å². The Hall–Kier alpha value is -3.73. The third-order valence-corrected chi connectivity index (χ3v) is 7.07. The summed E-state index contributed by atoms with van der Waals surface area (Å²) < 4.78 is 5.75. The highest BCUT2D eigenvalue weighted by Gasteiger charge is 2.32. The maximum Gasteiger partial charge on any atom is 0.289 e. The van der Waals surface area contributed by atoms with Crippen LogP contribution in [-0.4, -0.2) is 29.7 Å². The summed E-state index contributed by atoms with van der Waals surface area (Å²) in [6, 6.07) is 18.4. The fourth-order valence-electron chi connectivity index (χ4n) is 5.42. The molecule has 0 N–H and O–H groups in total. The van der Waals surface area contributed by atoms with Crippen molar-refractivity contribution in [2.45, 2.75) is 25.7 Å². The molecule has 33 heavy (non-hydrogen) atoms. The standard InChI is InChI=1S/C28H23NO4/c30-23-15-25(33-24-9-2-1-7-22(23)24)28(32)29-14-4-6-19(16-29)27(31)21-13-12-18-11-10-17-5-3-8-20(21)26(17)18/h1-3,5,7-9,12-13,15,19H,4,6,10-11,14,16H2/t19-/m1/s1. The Morgan fingerprint density at radius 3 is 2.58 bits per heavy atom. The highest BCUT2D eigenvalue weighted by Crippen LogP contribution is 2.34. The first-order valence-electron chi connectivity index (χ1n) is 11.5. The average Bonchev–Trinajstić information content (AvgIpc) is 3.28. The monoisotopic (exact) mass is 437 g/mol. The third-order valence-electron chi connectivity index (χ3n) is 7.07. The third kappa shape index (κ3) is 3.27. The number of amides is 1. The van der Waals surface area contributed by atoms with Crippen molar-refractivity contribution in [1.82, 2.24) is 4.90 Å². The molecule has 5 nitrogen and oxygen atoms in total. The van der Waals surface area contributed by atoms with Crippen molar-refractivity contribution in [3.8, 4) is 0 Å². The van der Waals surface area contributed by atoms with E-state index < -0.39 is 0 Å². The van der Waals surface area contributed by atoms with Gasteiger partial charge in [0.1, 0.15) is 5.58 Å². The normalized spacial score (nSPS) is 17.6. The molecule has 2 heterocycles. The highest BCUT2D eigenvalue weighted by atomic mass is 16.3. The van der Waals surface area contributed by atoms with Gasteiger partial charge < -0.3 is 9.32 Å². The molecule has 1 aliphatic carbocycles. The molecule has 1 saturated heterocycles. The van der Waals surface area contributed by atoms with Crippen LogP contribution >= 0.6 is 0 Å². The van der Waals surface area contributed by atoms with Gasteiger partial charge in [0.25, 0.3) is 5.91 Å². The molecule has 0 unspecified atom stereocenters. The van der Waals surface area contributed by atoms with E-state index in [9.17, 15) is 14.4 Å². The van der Waals surface area contributed by atoms with Crippen molar-refractivity contribution >= 4 is 33.4 Å². The number of aryl methyl sites for hydroxylation is 2. The summed E-state index contributed by atoms with van der Waals surface area (Å²) in [5, 5.41) is 2.70. The summed E-state index contributed by atoms with van der Waals surface area (Å²) in [6.45, 7) is 0.875. The second kappa shape index (κ2) is 7.69. The number of Topliss-reactive ketones (excluding diaryl/α,β-unsaturated/α-hetero) is 1. The average molecular weight is 437 g/mol. The summed E-state index contributed by atoms with van der Waals surface area (Å²) in [7, 11) is 0. The van der Waals surface area contributed by atoms with Crippen LogP contribution in [0, 0.1) is 5.92 Å². The van der Waals surface area contributed by atoms with Crippen molar-refractivity contribution < 1.29 is 14.0 Å². The molecule has 1 aliphatic heterocycles. The van der Waals surface area contributed by atoms with Crippen molar-refractivity contribution in [1.29, 1.82) is 0 Å². The van der Waals surface area contributed by atoms with Gasteiger partial charge in [-0.2, -0.15) is 0 Å². The van der Waals surface area contributed by atoms with Crippen LogP contribution in [0.2, 0.25) is 0 Å². The van der Waals surface area contributed by atoms with Crippen LogP contribution in [0.1, 0.15) is 44.9 Å². The molecule has 164 valence electrons. The Morgan fingerprint density at radius 2 is 1.70 bits per heavy atom. The lowest BCUT2D eigenvalue weighted by Gasteiger charge is -2.32. The van der Waals surface area contributed by atoms with Gasteiger partial charge >= 0.3 is 0 Å². The molecule has 5 heteroatoms. The van der Waals surface area contributed by atoms with Gasteiger partial charge in [0, 0.05) is 30.6 Å². The van der Waals surface area contributed by atoms with E-state index >= 15 is 0 Å². The Kier molecular flexibility index (Phi) is 4.64. The fraction of sp³-hybridized carbons (Fsp3) is 0.250. The Balaban J connectivity index is 1.29. The number of para-hydroxylation sites is 1. The quantitative estimate of drug-likeness (QED) is 0.433. The summed E-state index contributed by atoms with van der Waals surface area (Å²) in [5.41, 5.74) is 3.52. The largest absolute Gasteiger partial charge is 0.451 e. The van der Waals surface area contributed by atoms with Crippen LogP contribution in [0.5, 0.6) is 0 Å². The summed E-state index contributed by atoms with van der Waals surface area (Å²) in [5.74, 6) is -0.496. The number of fused-ring (bicyclic) bond motifs is 1. The molecule has 0 bridgehead atoms. The number of hydrogen-bond acceptors (Lipinski definition) is 4. The Labute approximate surface area is 190 Å². The van der Waals surface area contributed by atoms with Gasteiger partial charge in [-0.05, 0) is 59.7 Å². The number of benzene rings is 3. The molecule has 0 spiro atoms. The molecule has 1 atom stereocenters. The van der Waals surface area contributed by atoms with Crippen LogP contribution in [0.4, 0.5) is 0 Å². The Morgan fingerprint density at radius 1 is 0.909 bits per heavy atom. The zero-order valence-corrected chi connectivity index (χ0v) is 18.2. The maximum atomic E-state index is 13.6. The summed E-state index contributed by atoms with van der Waals surface area (Å²) in [6.07, 6.45) is 3.52. The zero-order valence-electron chi connectivity index (χ0n) is 18.2. The molecular weight excluding hydrogens is 414 g/mol. The number of hydrogen-bond donors (Lipinski definition) is 0. The van der Waals surface area contributed by atoms with E-state index in [-0.39, 0.29) is 28.8 Å². The van der Waals surface area contributed by atoms with E-state index in [2.05, 4.69) is 12.1 Å². The van der Waals surface area contributed by atoms with Gasteiger partial charge in [-0.3, -0.25) is 14.4 Å². The number of piperidine rings is 1. The topological polar surface area (TPSA) is 67.6 Å². The summed E-state index contributed by atoms with van der Waals surface area (Å²) in [4.78, 5) is 40.9. The number of carbonyl (C=O) groups is 2. The lowest BCUT2D eigenvalue weighted by atomic mass is 9.87. The molecule has 1 aromatic heterocycles. The fourth-order valence-corrected chi connectivity index (χ4v) is 5.42. The van der Waals surface area contributed by atoms with Crippen LogP contribution in [0.3, 0.4) is 0 Å². The van der Waals surface area contributed by atoms with Crippen LogP contribution in [0.15, 0.2) is 69.9 Å². The number of likely N-dealkylation sites (tertiary alicyclic amines) is 1. The minimum atomic E-state index is -0.337. The van der Waals surface area contributed by atoms with Crippen LogP contribution < -0.4 is 5.43 Å². The van der Waals surface area contributed by atoms with Crippen molar-refractivity contribution in [2.75, 3.05) is 13.1 Å². The van der Waals surface area contributed by atoms with Crippen molar-refractivity contribution in [3.05, 3.63) is 93.3 Å². The van der Waals surface area contributed by atoms with E-state index in [1.807, 2.05) is 18.2 Å². The second-order valence-electron chi connectivity index (χ2n) is 9.04. The number of ketones is 1. The minimum absolute atomic E-state index is 0.0251. The van der Waals surface area contributed by atoms with Crippen molar-refractivity contribution in [3.63, 3.8) is 0 Å². The zero-order chi connectivity index (χ0) is 22.5. The van der Waals surface area contributed by atoms with E-state index in [1.54, 1.807) is 29.2 Å². The predicted molar refractivity (Wildman–Crippen MR) is 127 cm³/mol. The van der Waals surface area contributed by atoms with Gasteiger partial charge in [0.2, 0.25) is 0 Å². The predicted octanol–water partition coefficient (Wildman–Crippen LogP) is 4.78. The lowest BCUT2D eigenvalue weighted by molar-refractivity contribution is 0.0611. The molecular formula is C28H23NO4. The molecule has 0 saturated carbocycles. The van der Waals surface area contributed by atoms with E-state index in [1.165, 1.54) is 22.6 Å². The smallest absolute Gasteiger partial charge is 0.289 e. The second-order valence-corrected chi connectivity index (χ2v) is 9.04. The SMILES string of the molecule is O=C(c1ccc2c3c(cccc13)CC2)[C@@H]1CCCN(C(=O)c2cc(=O)c3ccccc3o2)C1. The molecule has 1 fully saturated rings. The highest BCUT2D eigenvalue weighted by molar-refractivity contribution is 6.11. The molecule has 2 aliphatic rings. The molecule has 1 amide bonds. The molecule has 4 aromatic rings. The number of rotatable bonds is 3. The first-order valence-corrected chi connectivity index (χ1v) is 11.5. The molecule has 6 rings (SSSR count). The van der Waals surface area contributed by atoms with Gasteiger partial charge in [-0.1, -0.05) is 42.5 Å². The Bertz CT molecular complexity index is 1490. The minimum Gasteiger partial charge on any atom is -0.451 e. The number of nitrogens with zero attached hydrogens (tertiary/aromatic N) is 1. The summed E-state index contributed by atoms with van der Waals surface area (Å²) >= 11 is 0. The first kappa shape index (κ1) is 19.9. The molecule has 0 radical (unpaired) electrons. The van der Waals surface area contributed by atoms with Gasteiger partial charge in [0.15, 0.2) is 17.0 Å². The van der Waals surface area contributed by atoms with Crippen LogP contribution in [0.25, 0.3) is 21.7 Å². The number of carbonyl (C=O) groups excluding carboxylic acids is 2. The van der Waals surface area contributed by atoms with E-state index in [4.69, 9.17) is 4.42 Å². The molecule has 3 aromatic carbocycles. The van der Waals surface area contributed by atoms with Gasteiger partial charge in [-0.25, -0.2) is 0 Å². The maximum absolute atomic E-state index is 13.6. The van der Waals surface area contributed by atoms with E-state index in [0.717, 1.165) is 36.6 Å². The lowest BCUT2D eigenvalue weighted by Crippen LogP contribution is -2.42. The van der Waals surface area contributed by atoms with Crippen molar-refractivity contribution in [2.24, 2.45) is 5.92 Å². The van der Waals surface area contributed by atoms with E-state index in [0.29, 0.717) is 24.1 Å².